The summed E-state index contributed by atoms with van der Waals surface area (Å²) in [4.78, 5) is 4.82. The average Bonchev–Trinajstić information content (AvgIpc) is 2.45. The summed E-state index contributed by atoms with van der Waals surface area (Å²) in [5.41, 5.74) is 0. The zero-order valence-electron chi connectivity index (χ0n) is 7.38. The van der Waals surface area contributed by atoms with Gasteiger partial charge in [0.05, 0.1) is 6.67 Å². The van der Waals surface area contributed by atoms with Gasteiger partial charge in [-0.25, -0.2) is 0 Å². The zero-order valence-corrected chi connectivity index (χ0v) is 7.38. The Balaban J connectivity index is 1.87. The van der Waals surface area contributed by atoms with Gasteiger partial charge in [-0.3, -0.25) is 9.80 Å². The third kappa shape index (κ3) is 1.41. The van der Waals surface area contributed by atoms with Crippen molar-refractivity contribution in [2.75, 3.05) is 33.9 Å². The highest BCUT2D eigenvalue weighted by Gasteiger charge is 2.37. The van der Waals surface area contributed by atoms with Crippen LogP contribution in [0.4, 0.5) is 0 Å². The number of nitrogens with one attached hydrogen (secondary N) is 1. The largest absolute Gasteiger partial charge is 0.311 e. The van der Waals surface area contributed by atoms with E-state index in [0.717, 1.165) is 18.8 Å². The first-order valence-corrected chi connectivity index (χ1v) is 4.38. The van der Waals surface area contributed by atoms with Crippen molar-refractivity contribution in [2.24, 2.45) is 0 Å². The third-order valence-corrected chi connectivity index (χ3v) is 2.63. The van der Waals surface area contributed by atoms with Crippen LogP contribution in [-0.2, 0) is 0 Å². The Labute approximate surface area is 68.4 Å². The molecule has 2 unspecified atom stereocenters. The lowest BCUT2D eigenvalue weighted by Gasteiger charge is -2.29. The van der Waals surface area contributed by atoms with Gasteiger partial charge in [0.15, 0.2) is 0 Å². The second kappa shape index (κ2) is 2.73. The SMILES string of the molecule is CN(C)CN1CC2CC1CN2. The molecule has 11 heavy (non-hydrogen) atoms. The normalized spacial score (nSPS) is 37.4. The molecule has 3 heteroatoms. The highest BCUT2D eigenvalue weighted by Crippen LogP contribution is 2.22. The molecule has 2 fully saturated rings. The Bertz CT molecular complexity index is 146. The molecule has 2 saturated heterocycles. The van der Waals surface area contributed by atoms with E-state index in [1.165, 1.54) is 19.5 Å². The lowest BCUT2D eigenvalue weighted by molar-refractivity contribution is 0.146. The highest BCUT2D eigenvalue weighted by molar-refractivity contribution is 4.96. The predicted octanol–water partition coefficient (Wildman–Crippen LogP) is -0.448. The maximum atomic E-state index is 3.50. The minimum atomic E-state index is 0.792. The molecule has 2 heterocycles. The summed E-state index contributed by atoms with van der Waals surface area (Å²) >= 11 is 0. The second-order valence-corrected chi connectivity index (χ2v) is 3.99. The fraction of sp³-hybridized carbons (Fsp3) is 1.00. The smallest absolute Gasteiger partial charge is 0.0504 e. The molecule has 0 spiro atoms. The van der Waals surface area contributed by atoms with Crippen LogP contribution in [0, 0.1) is 0 Å². The number of hydrogen-bond donors (Lipinski definition) is 1. The molecule has 2 bridgehead atoms. The number of hydrogen-bond acceptors (Lipinski definition) is 3. The van der Waals surface area contributed by atoms with Crippen molar-refractivity contribution in [3.63, 3.8) is 0 Å². The van der Waals surface area contributed by atoms with E-state index in [-0.39, 0.29) is 0 Å². The van der Waals surface area contributed by atoms with Gasteiger partial charge in [-0.05, 0) is 20.5 Å². The van der Waals surface area contributed by atoms with Crippen molar-refractivity contribution in [1.82, 2.24) is 15.1 Å². The summed E-state index contributed by atoms with van der Waals surface area (Å²) in [6, 6.07) is 1.61. The van der Waals surface area contributed by atoms with Crippen LogP contribution in [0.2, 0.25) is 0 Å². The van der Waals surface area contributed by atoms with Gasteiger partial charge in [0.25, 0.3) is 0 Å². The van der Waals surface area contributed by atoms with Crippen LogP contribution in [0.25, 0.3) is 0 Å². The van der Waals surface area contributed by atoms with E-state index < -0.39 is 0 Å². The van der Waals surface area contributed by atoms with Gasteiger partial charge in [-0.15, -0.1) is 0 Å². The summed E-state index contributed by atoms with van der Waals surface area (Å²) in [7, 11) is 4.28. The number of likely N-dealkylation sites (tertiary alicyclic amines) is 1. The summed E-state index contributed by atoms with van der Waals surface area (Å²) < 4.78 is 0. The van der Waals surface area contributed by atoms with Crippen LogP contribution < -0.4 is 5.32 Å². The first kappa shape index (κ1) is 7.53. The molecule has 0 aromatic heterocycles. The molecule has 64 valence electrons. The Morgan fingerprint density at radius 1 is 1.55 bits per heavy atom. The molecule has 0 aliphatic carbocycles. The predicted molar refractivity (Wildman–Crippen MR) is 45.5 cm³/mol. The number of fused-ring (bicyclic) bond motifs is 2. The van der Waals surface area contributed by atoms with E-state index in [4.69, 9.17) is 0 Å². The van der Waals surface area contributed by atoms with Crippen LogP contribution >= 0.6 is 0 Å². The summed E-state index contributed by atoms with van der Waals surface area (Å²) in [5, 5.41) is 3.50. The van der Waals surface area contributed by atoms with Crippen molar-refractivity contribution >= 4 is 0 Å². The fourth-order valence-electron chi connectivity index (χ4n) is 2.18. The first-order chi connectivity index (χ1) is 5.25. The lowest BCUT2D eigenvalue weighted by atomic mass is 10.2. The van der Waals surface area contributed by atoms with Gasteiger partial charge in [-0.1, -0.05) is 0 Å². The van der Waals surface area contributed by atoms with Crippen LogP contribution in [0.5, 0.6) is 0 Å². The molecule has 0 amide bonds. The van der Waals surface area contributed by atoms with Crippen molar-refractivity contribution in [3.05, 3.63) is 0 Å². The summed E-state index contributed by atoms with van der Waals surface area (Å²) in [6.45, 7) is 3.59. The molecule has 2 aliphatic rings. The quantitative estimate of drug-likeness (QED) is 0.583. The van der Waals surface area contributed by atoms with Crippen molar-refractivity contribution < 1.29 is 0 Å². The van der Waals surface area contributed by atoms with Gasteiger partial charge in [0.1, 0.15) is 0 Å². The van der Waals surface area contributed by atoms with Crippen molar-refractivity contribution in [3.8, 4) is 0 Å². The molecule has 0 radical (unpaired) electrons. The summed E-state index contributed by atoms with van der Waals surface area (Å²) in [5.74, 6) is 0. The maximum Gasteiger partial charge on any atom is 0.0504 e. The Morgan fingerprint density at radius 2 is 2.36 bits per heavy atom. The van der Waals surface area contributed by atoms with Gasteiger partial charge < -0.3 is 5.32 Å². The Hall–Kier alpha value is -0.120. The first-order valence-electron chi connectivity index (χ1n) is 4.38. The van der Waals surface area contributed by atoms with E-state index in [9.17, 15) is 0 Å². The molecule has 2 atom stereocenters. The minimum absolute atomic E-state index is 0.792. The van der Waals surface area contributed by atoms with Crippen molar-refractivity contribution in [2.45, 2.75) is 18.5 Å². The van der Waals surface area contributed by atoms with Crippen LogP contribution in [0.1, 0.15) is 6.42 Å². The van der Waals surface area contributed by atoms with Gasteiger partial charge in [0.2, 0.25) is 0 Å². The van der Waals surface area contributed by atoms with E-state index in [2.05, 4.69) is 29.2 Å². The lowest BCUT2D eigenvalue weighted by Crippen LogP contribution is -2.46. The van der Waals surface area contributed by atoms with Crippen LogP contribution in [0.3, 0.4) is 0 Å². The van der Waals surface area contributed by atoms with E-state index in [0.29, 0.717) is 0 Å². The number of rotatable bonds is 2. The van der Waals surface area contributed by atoms with Crippen molar-refractivity contribution in [1.29, 1.82) is 0 Å². The van der Waals surface area contributed by atoms with E-state index in [1.54, 1.807) is 0 Å². The molecule has 0 saturated carbocycles. The molecular formula is C8H17N3. The van der Waals surface area contributed by atoms with E-state index in [1.807, 2.05) is 0 Å². The molecule has 2 rings (SSSR count). The average molecular weight is 155 g/mol. The zero-order chi connectivity index (χ0) is 7.84. The number of nitrogens with zero attached hydrogens (tertiary/aromatic N) is 2. The van der Waals surface area contributed by atoms with E-state index >= 15 is 0 Å². The molecule has 2 aliphatic heterocycles. The Kier molecular flexibility index (Phi) is 1.87. The Morgan fingerprint density at radius 3 is 2.82 bits per heavy atom. The number of piperazine rings is 1. The standard InChI is InChI=1S/C8H17N3/c1-10(2)6-11-5-7-3-8(11)4-9-7/h7-9H,3-6H2,1-2H3. The highest BCUT2D eigenvalue weighted by atomic mass is 15.4. The van der Waals surface area contributed by atoms with Crippen LogP contribution in [-0.4, -0.2) is 55.7 Å². The van der Waals surface area contributed by atoms with Gasteiger partial charge in [0, 0.05) is 25.2 Å². The topological polar surface area (TPSA) is 18.5 Å². The monoisotopic (exact) mass is 155 g/mol. The molecular weight excluding hydrogens is 138 g/mol. The van der Waals surface area contributed by atoms with Gasteiger partial charge in [-0.2, -0.15) is 0 Å². The maximum absolute atomic E-state index is 3.50. The third-order valence-electron chi connectivity index (χ3n) is 2.63. The molecule has 3 nitrogen and oxygen atoms in total. The molecule has 0 aromatic rings. The van der Waals surface area contributed by atoms with Gasteiger partial charge >= 0.3 is 0 Å². The van der Waals surface area contributed by atoms with Crippen LogP contribution in [0.15, 0.2) is 0 Å². The molecule has 0 aromatic carbocycles. The molecule has 1 N–H and O–H groups in total. The fourth-order valence-corrected chi connectivity index (χ4v) is 2.18. The second-order valence-electron chi connectivity index (χ2n) is 3.99. The minimum Gasteiger partial charge on any atom is -0.311 e. The summed E-state index contributed by atoms with van der Waals surface area (Å²) in [6.07, 6.45) is 1.37.